The second kappa shape index (κ2) is 7.45. The van der Waals surface area contributed by atoms with Gasteiger partial charge in [-0.15, -0.1) is 0 Å². The molecule has 25 heavy (non-hydrogen) atoms. The van der Waals surface area contributed by atoms with E-state index < -0.39 is 15.9 Å². The number of halogens is 1. The lowest BCUT2D eigenvalue weighted by molar-refractivity contribution is -0.122. The second-order valence-electron chi connectivity index (χ2n) is 5.91. The standard InChI is InChI=1S/C18H20ClNO4S/c1-11-5-7-15(25(4,22)23)10-16(11)20-18(21)13(3)24-17-8-6-14(19)9-12(17)2/h5-10,13H,1-4H3,(H,20,21)/t13-/m1/s1. The Hall–Kier alpha value is -2.05. The molecule has 0 saturated carbocycles. The Morgan fingerprint density at radius 3 is 2.40 bits per heavy atom. The van der Waals surface area contributed by atoms with Gasteiger partial charge in [0.2, 0.25) is 0 Å². The van der Waals surface area contributed by atoms with Gasteiger partial charge in [0.15, 0.2) is 15.9 Å². The zero-order chi connectivity index (χ0) is 18.8. The molecule has 0 saturated heterocycles. The minimum Gasteiger partial charge on any atom is -0.481 e. The molecule has 1 amide bonds. The van der Waals surface area contributed by atoms with Gasteiger partial charge in [-0.25, -0.2) is 8.42 Å². The second-order valence-corrected chi connectivity index (χ2v) is 8.36. The van der Waals surface area contributed by atoms with Crippen molar-refractivity contribution >= 4 is 33.0 Å². The molecule has 0 aliphatic carbocycles. The summed E-state index contributed by atoms with van der Waals surface area (Å²) in [4.78, 5) is 12.5. The molecular formula is C18H20ClNO4S. The number of carbonyl (C=O) groups excluding carboxylic acids is 1. The van der Waals surface area contributed by atoms with Crippen LogP contribution in [0.3, 0.4) is 0 Å². The average molecular weight is 382 g/mol. The number of amides is 1. The van der Waals surface area contributed by atoms with Crippen LogP contribution < -0.4 is 10.1 Å². The van der Waals surface area contributed by atoms with Crippen LogP contribution in [0.1, 0.15) is 18.1 Å². The maximum Gasteiger partial charge on any atom is 0.265 e. The van der Waals surface area contributed by atoms with Crippen LogP contribution in [0.25, 0.3) is 0 Å². The zero-order valence-electron chi connectivity index (χ0n) is 14.5. The Balaban J connectivity index is 2.16. The monoisotopic (exact) mass is 381 g/mol. The summed E-state index contributed by atoms with van der Waals surface area (Å²) in [6, 6.07) is 9.76. The minimum atomic E-state index is -3.35. The predicted molar refractivity (Wildman–Crippen MR) is 99.2 cm³/mol. The molecule has 2 rings (SSSR count). The lowest BCUT2D eigenvalue weighted by Crippen LogP contribution is -2.30. The Morgan fingerprint density at radius 1 is 1.12 bits per heavy atom. The lowest BCUT2D eigenvalue weighted by Gasteiger charge is -2.17. The number of benzene rings is 2. The Labute approximate surface area is 152 Å². The van der Waals surface area contributed by atoms with Crippen LogP contribution in [0.5, 0.6) is 5.75 Å². The number of sulfone groups is 1. The van der Waals surface area contributed by atoms with Gasteiger partial charge in [0.1, 0.15) is 5.75 Å². The molecule has 0 aliphatic heterocycles. The highest BCUT2D eigenvalue weighted by Gasteiger charge is 2.18. The first kappa shape index (κ1) is 19.3. The van der Waals surface area contributed by atoms with Gasteiger partial charge in [-0.05, 0) is 62.2 Å². The smallest absolute Gasteiger partial charge is 0.265 e. The number of rotatable bonds is 5. The van der Waals surface area contributed by atoms with Crippen LogP contribution >= 0.6 is 11.6 Å². The highest BCUT2D eigenvalue weighted by molar-refractivity contribution is 7.90. The van der Waals surface area contributed by atoms with Crippen molar-refractivity contribution in [3.63, 3.8) is 0 Å². The molecule has 0 unspecified atom stereocenters. The minimum absolute atomic E-state index is 0.149. The van der Waals surface area contributed by atoms with Crippen LogP contribution in [0.15, 0.2) is 41.3 Å². The van der Waals surface area contributed by atoms with Gasteiger partial charge < -0.3 is 10.1 Å². The summed E-state index contributed by atoms with van der Waals surface area (Å²) < 4.78 is 29.0. The number of nitrogens with one attached hydrogen (secondary N) is 1. The molecule has 2 aromatic carbocycles. The van der Waals surface area contributed by atoms with Gasteiger partial charge in [-0.3, -0.25) is 4.79 Å². The molecule has 0 aliphatic rings. The van der Waals surface area contributed by atoms with E-state index >= 15 is 0 Å². The van der Waals surface area contributed by atoms with Crippen molar-refractivity contribution in [2.45, 2.75) is 31.8 Å². The van der Waals surface area contributed by atoms with Crippen LogP contribution in [0.4, 0.5) is 5.69 Å². The van der Waals surface area contributed by atoms with E-state index in [9.17, 15) is 13.2 Å². The first-order chi connectivity index (χ1) is 11.6. The van der Waals surface area contributed by atoms with Crippen molar-refractivity contribution in [1.82, 2.24) is 0 Å². The quantitative estimate of drug-likeness (QED) is 0.855. The van der Waals surface area contributed by atoms with E-state index in [4.69, 9.17) is 16.3 Å². The molecule has 0 fully saturated rings. The highest BCUT2D eigenvalue weighted by atomic mass is 35.5. The SMILES string of the molecule is Cc1ccc(S(C)(=O)=O)cc1NC(=O)[C@@H](C)Oc1ccc(Cl)cc1C. The number of ether oxygens (including phenoxy) is 1. The first-order valence-corrected chi connectivity index (χ1v) is 9.89. The average Bonchev–Trinajstić information content (AvgIpc) is 2.50. The Morgan fingerprint density at radius 2 is 1.80 bits per heavy atom. The van der Waals surface area contributed by atoms with Crippen molar-refractivity contribution in [2.24, 2.45) is 0 Å². The van der Waals surface area contributed by atoms with Crippen molar-refractivity contribution in [3.05, 3.63) is 52.5 Å². The summed E-state index contributed by atoms with van der Waals surface area (Å²) in [5, 5.41) is 3.31. The third-order valence-corrected chi connectivity index (χ3v) is 5.05. The first-order valence-electron chi connectivity index (χ1n) is 7.62. The van der Waals surface area contributed by atoms with Crippen molar-refractivity contribution in [2.75, 3.05) is 11.6 Å². The Bertz CT molecular complexity index is 909. The maximum absolute atomic E-state index is 12.4. The highest BCUT2D eigenvalue weighted by Crippen LogP contribution is 2.24. The van der Waals surface area contributed by atoms with Crippen LogP contribution in [-0.2, 0) is 14.6 Å². The third kappa shape index (κ3) is 4.96. The molecule has 1 N–H and O–H groups in total. The molecule has 0 bridgehead atoms. The summed E-state index contributed by atoms with van der Waals surface area (Å²) >= 11 is 5.91. The fraction of sp³-hybridized carbons (Fsp3) is 0.278. The maximum atomic E-state index is 12.4. The van der Waals surface area contributed by atoms with Crippen LogP contribution in [-0.4, -0.2) is 26.7 Å². The summed E-state index contributed by atoms with van der Waals surface area (Å²) in [7, 11) is -3.35. The van der Waals surface area contributed by atoms with Crippen molar-refractivity contribution in [3.8, 4) is 5.75 Å². The summed E-state index contributed by atoms with van der Waals surface area (Å²) in [5.41, 5.74) is 2.02. The predicted octanol–water partition coefficient (Wildman–Crippen LogP) is 3.77. The van der Waals surface area contributed by atoms with Gasteiger partial charge in [0.05, 0.1) is 4.90 Å². The number of hydrogen-bond acceptors (Lipinski definition) is 4. The van der Waals surface area contributed by atoms with Gasteiger partial charge >= 0.3 is 0 Å². The van der Waals surface area contributed by atoms with E-state index in [2.05, 4.69) is 5.32 Å². The largest absolute Gasteiger partial charge is 0.481 e. The fourth-order valence-corrected chi connectivity index (χ4v) is 3.06. The van der Waals surface area contributed by atoms with Crippen molar-refractivity contribution in [1.29, 1.82) is 0 Å². The third-order valence-electron chi connectivity index (χ3n) is 3.71. The topological polar surface area (TPSA) is 72.5 Å². The summed E-state index contributed by atoms with van der Waals surface area (Å²) in [6.07, 6.45) is 0.361. The molecule has 134 valence electrons. The molecule has 1 atom stereocenters. The van der Waals surface area contributed by atoms with E-state index in [0.29, 0.717) is 16.5 Å². The van der Waals surface area contributed by atoms with E-state index in [0.717, 1.165) is 17.4 Å². The number of anilines is 1. The van der Waals surface area contributed by atoms with Gasteiger partial charge in [-0.1, -0.05) is 17.7 Å². The molecule has 7 heteroatoms. The van der Waals surface area contributed by atoms with Crippen molar-refractivity contribution < 1.29 is 17.9 Å². The number of carbonyl (C=O) groups is 1. The molecule has 0 heterocycles. The van der Waals surface area contributed by atoms with Gasteiger partial charge in [-0.2, -0.15) is 0 Å². The normalized spacial score (nSPS) is 12.5. The number of hydrogen-bond donors (Lipinski definition) is 1. The Kier molecular flexibility index (Phi) is 5.75. The molecule has 0 spiro atoms. The summed E-state index contributed by atoms with van der Waals surface area (Å²) in [5.74, 6) is 0.191. The van der Waals surface area contributed by atoms with E-state index in [-0.39, 0.29) is 10.8 Å². The molecular weight excluding hydrogens is 362 g/mol. The van der Waals surface area contributed by atoms with Crippen LogP contribution in [0.2, 0.25) is 5.02 Å². The summed E-state index contributed by atoms with van der Waals surface area (Å²) in [6.45, 7) is 5.25. The van der Waals surface area contributed by atoms with E-state index in [1.165, 1.54) is 12.1 Å². The number of aryl methyl sites for hydroxylation is 2. The molecule has 2 aromatic rings. The molecule has 0 radical (unpaired) electrons. The van der Waals surface area contributed by atoms with Gasteiger partial charge in [0, 0.05) is 17.0 Å². The van der Waals surface area contributed by atoms with Gasteiger partial charge in [0.25, 0.3) is 5.91 Å². The van der Waals surface area contributed by atoms with Crippen LogP contribution in [0, 0.1) is 13.8 Å². The molecule has 5 nitrogen and oxygen atoms in total. The fourth-order valence-electron chi connectivity index (χ4n) is 2.19. The van der Waals surface area contributed by atoms with E-state index in [1.807, 2.05) is 6.92 Å². The van der Waals surface area contributed by atoms with E-state index in [1.54, 1.807) is 38.1 Å². The zero-order valence-corrected chi connectivity index (χ0v) is 16.0. The lowest BCUT2D eigenvalue weighted by atomic mass is 10.2. The molecule has 0 aromatic heterocycles.